The second-order valence-electron chi connectivity index (χ2n) is 5.85. The standard InChI is InChI=1S/C14H24N2O4/c15-14(6-9-20-10-7-14)13(19)16-8-2-1-3-11(16)4-5-12(17)18/h11H,1-10,15H2,(H,17,18). The summed E-state index contributed by atoms with van der Waals surface area (Å²) in [6.07, 6.45) is 4.63. The van der Waals surface area contributed by atoms with Gasteiger partial charge in [0, 0.05) is 32.2 Å². The lowest BCUT2D eigenvalue weighted by Gasteiger charge is -2.42. The van der Waals surface area contributed by atoms with Gasteiger partial charge in [0.15, 0.2) is 0 Å². The Bertz CT molecular complexity index is 366. The van der Waals surface area contributed by atoms with Crippen LogP contribution in [0.1, 0.15) is 44.9 Å². The number of piperidine rings is 1. The van der Waals surface area contributed by atoms with Crippen molar-refractivity contribution in [2.24, 2.45) is 5.73 Å². The Labute approximate surface area is 119 Å². The van der Waals surface area contributed by atoms with E-state index in [0.717, 1.165) is 19.3 Å². The number of carbonyl (C=O) groups is 2. The van der Waals surface area contributed by atoms with Crippen LogP contribution in [0.5, 0.6) is 0 Å². The molecule has 1 amide bonds. The number of ether oxygens (including phenoxy) is 1. The lowest BCUT2D eigenvalue weighted by molar-refractivity contribution is -0.146. The summed E-state index contributed by atoms with van der Waals surface area (Å²) in [5, 5.41) is 8.82. The molecule has 2 saturated heterocycles. The highest BCUT2D eigenvalue weighted by molar-refractivity contribution is 5.86. The minimum absolute atomic E-state index is 0.0177. The van der Waals surface area contributed by atoms with Gasteiger partial charge in [0.1, 0.15) is 0 Å². The largest absolute Gasteiger partial charge is 0.481 e. The van der Waals surface area contributed by atoms with Crippen molar-refractivity contribution in [3.05, 3.63) is 0 Å². The predicted octanol–water partition coefficient (Wildman–Crippen LogP) is 0.740. The number of carboxylic acid groups (broad SMARTS) is 1. The first-order chi connectivity index (χ1) is 9.53. The van der Waals surface area contributed by atoms with Crippen LogP contribution in [0.2, 0.25) is 0 Å². The second kappa shape index (κ2) is 6.54. The van der Waals surface area contributed by atoms with Crippen molar-refractivity contribution in [1.29, 1.82) is 0 Å². The van der Waals surface area contributed by atoms with Crippen LogP contribution in [0.25, 0.3) is 0 Å². The fourth-order valence-electron chi connectivity index (χ4n) is 3.09. The Morgan fingerprint density at radius 2 is 2.00 bits per heavy atom. The third kappa shape index (κ3) is 3.49. The summed E-state index contributed by atoms with van der Waals surface area (Å²) in [6, 6.07) is 0.0237. The number of hydrogen-bond donors (Lipinski definition) is 2. The van der Waals surface area contributed by atoms with Gasteiger partial charge in [-0.1, -0.05) is 0 Å². The highest BCUT2D eigenvalue weighted by atomic mass is 16.5. The summed E-state index contributed by atoms with van der Waals surface area (Å²) in [4.78, 5) is 25.3. The van der Waals surface area contributed by atoms with Crippen LogP contribution in [-0.2, 0) is 14.3 Å². The van der Waals surface area contributed by atoms with Crippen LogP contribution in [0.15, 0.2) is 0 Å². The van der Waals surface area contributed by atoms with E-state index in [0.29, 0.717) is 39.0 Å². The second-order valence-corrected chi connectivity index (χ2v) is 5.85. The Balaban J connectivity index is 2.02. The van der Waals surface area contributed by atoms with Crippen LogP contribution in [0, 0.1) is 0 Å². The van der Waals surface area contributed by atoms with Crippen molar-refractivity contribution in [3.8, 4) is 0 Å². The van der Waals surface area contributed by atoms with Crippen LogP contribution >= 0.6 is 0 Å². The maximum Gasteiger partial charge on any atom is 0.303 e. The molecule has 1 atom stereocenters. The van der Waals surface area contributed by atoms with Crippen molar-refractivity contribution in [2.45, 2.75) is 56.5 Å². The lowest BCUT2D eigenvalue weighted by atomic mass is 9.87. The Morgan fingerprint density at radius 3 is 2.65 bits per heavy atom. The van der Waals surface area contributed by atoms with Crippen LogP contribution < -0.4 is 5.73 Å². The summed E-state index contributed by atoms with van der Waals surface area (Å²) in [6.45, 7) is 1.74. The van der Waals surface area contributed by atoms with Crippen molar-refractivity contribution in [1.82, 2.24) is 4.90 Å². The van der Waals surface area contributed by atoms with E-state index in [2.05, 4.69) is 0 Å². The quantitative estimate of drug-likeness (QED) is 0.794. The summed E-state index contributed by atoms with van der Waals surface area (Å²) >= 11 is 0. The van der Waals surface area contributed by atoms with Gasteiger partial charge in [-0.3, -0.25) is 9.59 Å². The average molecular weight is 284 g/mol. The predicted molar refractivity (Wildman–Crippen MR) is 73.2 cm³/mol. The van der Waals surface area contributed by atoms with Gasteiger partial charge in [0.2, 0.25) is 5.91 Å². The summed E-state index contributed by atoms with van der Waals surface area (Å²) in [7, 11) is 0. The minimum Gasteiger partial charge on any atom is -0.481 e. The molecule has 0 aromatic heterocycles. The molecule has 114 valence electrons. The number of carbonyl (C=O) groups excluding carboxylic acids is 1. The summed E-state index contributed by atoms with van der Waals surface area (Å²) in [5.41, 5.74) is 5.44. The first-order valence-electron chi connectivity index (χ1n) is 7.42. The molecule has 6 heteroatoms. The fourth-order valence-corrected chi connectivity index (χ4v) is 3.09. The van der Waals surface area contributed by atoms with Crippen LogP contribution in [-0.4, -0.2) is 53.2 Å². The molecule has 20 heavy (non-hydrogen) atoms. The van der Waals surface area contributed by atoms with Crippen molar-refractivity contribution < 1.29 is 19.4 Å². The highest BCUT2D eigenvalue weighted by Gasteiger charge is 2.41. The first-order valence-corrected chi connectivity index (χ1v) is 7.42. The maximum absolute atomic E-state index is 12.7. The number of carboxylic acids is 1. The zero-order valence-corrected chi connectivity index (χ0v) is 11.8. The molecule has 0 aromatic rings. The molecule has 1 unspecified atom stereocenters. The smallest absolute Gasteiger partial charge is 0.303 e. The molecule has 2 heterocycles. The van der Waals surface area contributed by atoms with Crippen LogP contribution in [0.4, 0.5) is 0 Å². The van der Waals surface area contributed by atoms with E-state index in [1.165, 1.54) is 0 Å². The van der Waals surface area contributed by atoms with Crippen molar-refractivity contribution in [2.75, 3.05) is 19.8 Å². The van der Waals surface area contributed by atoms with Crippen LogP contribution in [0.3, 0.4) is 0 Å². The zero-order valence-electron chi connectivity index (χ0n) is 11.8. The van der Waals surface area contributed by atoms with Gasteiger partial charge in [-0.25, -0.2) is 0 Å². The first kappa shape index (κ1) is 15.3. The summed E-state index contributed by atoms with van der Waals surface area (Å²) in [5.74, 6) is -0.826. The molecule has 2 aliphatic rings. The average Bonchev–Trinajstić information content (AvgIpc) is 2.45. The zero-order chi connectivity index (χ0) is 14.6. The molecule has 0 saturated carbocycles. The molecule has 0 radical (unpaired) electrons. The monoisotopic (exact) mass is 284 g/mol. The molecule has 0 bridgehead atoms. The highest BCUT2D eigenvalue weighted by Crippen LogP contribution is 2.27. The molecule has 0 spiro atoms. The molecule has 2 aliphatic heterocycles. The number of nitrogens with zero attached hydrogens (tertiary/aromatic N) is 1. The van der Waals surface area contributed by atoms with Gasteiger partial charge < -0.3 is 20.5 Å². The van der Waals surface area contributed by atoms with Gasteiger partial charge in [0.25, 0.3) is 0 Å². The van der Waals surface area contributed by atoms with Crippen molar-refractivity contribution >= 4 is 11.9 Å². The van der Waals surface area contributed by atoms with E-state index in [-0.39, 0.29) is 18.4 Å². The fraction of sp³-hybridized carbons (Fsp3) is 0.857. The van der Waals surface area contributed by atoms with Gasteiger partial charge in [-0.2, -0.15) is 0 Å². The van der Waals surface area contributed by atoms with Gasteiger partial charge in [0.05, 0.1) is 5.54 Å². The molecule has 0 aromatic carbocycles. The number of amides is 1. The van der Waals surface area contributed by atoms with Gasteiger partial charge >= 0.3 is 5.97 Å². The topological polar surface area (TPSA) is 92.9 Å². The molecular formula is C14H24N2O4. The molecule has 6 nitrogen and oxygen atoms in total. The molecule has 2 fully saturated rings. The lowest BCUT2D eigenvalue weighted by Crippen LogP contribution is -2.60. The number of likely N-dealkylation sites (tertiary alicyclic amines) is 1. The van der Waals surface area contributed by atoms with E-state index < -0.39 is 11.5 Å². The third-order valence-corrected chi connectivity index (χ3v) is 4.39. The molecular weight excluding hydrogens is 260 g/mol. The Hall–Kier alpha value is -1.14. The van der Waals surface area contributed by atoms with E-state index in [4.69, 9.17) is 15.6 Å². The van der Waals surface area contributed by atoms with E-state index in [9.17, 15) is 9.59 Å². The van der Waals surface area contributed by atoms with Gasteiger partial charge in [-0.05, 0) is 38.5 Å². The third-order valence-electron chi connectivity index (χ3n) is 4.39. The molecule has 2 rings (SSSR count). The van der Waals surface area contributed by atoms with E-state index >= 15 is 0 Å². The molecule has 3 N–H and O–H groups in total. The number of hydrogen-bond acceptors (Lipinski definition) is 4. The minimum atomic E-state index is -0.822. The Morgan fingerprint density at radius 1 is 1.30 bits per heavy atom. The SMILES string of the molecule is NC1(C(=O)N2CCCCC2CCC(=O)O)CCOCC1. The maximum atomic E-state index is 12.7. The Kier molecular flexibility index (Phi) is 4.99. The van der Waals surface area contributed by atoms with E-state index in [1.54, 1.807) is 0 Å². The normalized spacial score (nSPS) is 26.2. The molecule has 0 aliphatic carbocycles. The van der Waals surface area contributed by atoms with Crippen molar-refractivity contribution in [3.63, 3.8) is 0 Å². The number of aliphatic carboxylic acids is 1. The summed E-state index contributed by atoms with van der Waals surface area (Å²) < 4.78 is 5.28. The number of nitrogens with two attached hydrogens (primary N) is 1. The number of rotatable bonds is 4. The van der Waals surface area contributed by atoms with Gasteiger partial charge in [-0.15, -0.1) is 0 Å². The van der Waals surface area contributed by atoms with E-state index in [1.807, 2.05) is 4.90 Å².